The maximum absolute atomic E-state index is 13.0. The average molecular weight is 270 g/mol. The minimum atomic E-state index is -0.254. The number of rotatable bonds is 2. The quantitative estimate of drug-likeness (QED) is 0.896. The van der Waals surface area contributed by atoms with Crippen molar-refractivity contribution >= 4 is 5.91 Å². The highest BCUT2D eigenvalue weighted by atomic mass is 16.2. The summed E-state index contributed by atoms with van der Waals surface area (Å²) >= 11 is 0. The lowest BCUT2D eigenvalue weighted by Crippen LogP contribution is -2.47. The summed E-state index contributed by atoms with van der Waals surface area (Å²) in [5.74, 6) is 0.369. The number of carbonyl (C=O) groups is 1. The molecule has 3 aliphatic rings. The Balaban J connectivity index is 1.70. The number of nitrogens with one attached hydrogen (secondary N) is 1. The van der Waals surface area contributed by atoms with Crippen LogP contribution in [0.5, 0.6) is 0 Å². The first kappa shape index (κ1) is 12.4. The minimum Gasteiger partial charge on any atom is -0.318 e. The van der Waals surface area contributed by atoms with Crippen LogP contribution in [0.4, 0.5) is 0 Å². The van der Waals surface area contributed by atoms with E-state index in [2.05, 4.69) is 34.5 Å². The lowest BCUT2D eigenvalue weighted by molar-refractivity contribution is -0.137. The first-order valence-electron chi connectivity index (χ1n) is 7.96. The normalized spacial score (nSPS) is 29.1. The second-order valence-electron chi connectivity index (χ2n) is 6.54. The van der Waals surface area contributed by atoms with Crippen LogP contribution in [0.15, 0.2) is 30.3 Å². The first-order chi connectivity index (χ1) is 9.80. The third kappa shape index (κ3) is 1.72. The van der Waals surface area contributed by atoms with Gasteiger partial charge in [0.2, 0.25) is 5.91 Å². The van der Waals surface area contributed by atoms with Crippen LogP contribution < -0.4 is 5.32 Å². The molecule has 1 unspecified atom stereocenters. The van der Waals surface area contributed by atoms with E-state index in [0.29, 0.717) is 11.9 Å². The van der Waals surface area contributed by atoms with E-state index < -0.39 is 0 Å². The van der Waals surface area contributed by atoms with Crippen LogP contribution in [0.25, 0.3) is 0 Å². The number of hydrogen-bond donors (Lipinski definition) is 1. The second-order valence-corrected chi connectivity index (χ2v) is 6.54. The molecule has 1 aliphatic heterocycles. The molecule has 2 saturated carbocycles. The zero-order valence-corrected chi connectivity index (χ0v) is 11.8. The standard InChI is InChI=1S/C17H22N2O/c20-16-17(11-4-5-12-17)18-15(13-7-2-1-3-8-13)19(16)14-9-6-10-14/h1-3,7-8,14-15,18H,4-6,9-12H2. The van der Waals surface area contributed by atoms with Gasteiger partial charge in [0.15, 0.2) is 0 Å². The molecule has 2 aliphatic carbocycles. The fraction of sp³-hybridized carbons (Fsp3) is 0.588. The molecule has 0 aromatic heterocycles. The van der Waals surface area contributed by atoms with E-state index >= 15 is 0 Å². The van der Waals surface area contributed by atoms with Gasteiger partial charge in [-0.15, -0.1) is 0 Å². The van der Waals surface area contributed by atoms with Crippen molar-refractivity contribution in [2.45, 2.75) is 62.7 Å². The fourth-order valence-electron chi connectivity index (χ4n) is 4.01. The summed E-state index contributed by atoms with van der Waals surface area (Å²) in [7, 11) is 0. The summed E-state index contributed by atoms with van der Waals surface area (Å²) in [6.07, 6.45) is 8.09. The SMILES string of the molecule is O=C1N(C2CCC2)C(c2ccccc2)NC12CCCC2. The highest BCUT2D eigenvalue weighted by Crippen LogP contribution is 2.44. The Bertz CT molecular complexity index is 503. The Hall–Kier alpha value is -1.35. The summed E-state index contributed by atoms with van der Waals surface area (Å²) in [4.78, 5) is 15.2. The van der Waals surface area contributed by atoms with E-state index in [0.717, 1.165) is 12.8 Å². The third-order valence-electron chi connectivity index (χ3n) is 5.38. The lowest BCUT2D eigenvalue weighted by atomic mass is 9.89. The molecule has 1 saturated heterocycles. The predicted octanol–water partition coefficient (Wildman–Crippen LogP) is 2.98. The summed E-state index contributed by atoms with van der Waals surface area (Å²) in [5, 5.41) is 3.71. The molecular formula is C17H22N2O. The van der Waals surface area contributed by atoms with Gasteiger partial charge in [0.05, 0.1) is 5.54 Å². The molecule has 1 heterocycles. The summed E-state index contributed by atoms with van der Waals surface area (Å²) < 4.78 is 0. The van der Waals surface area contributed by atoms with Crippen LogP contribution in [0.1, 0.15) is 56.7 Å². The topological polar surface area (TPSA) is 32.3 Å². The molecule has 3 heteroatoms. The van der Waals surface area contributed by atoms with Crippen LogP contribution >= 0.6 is 0 Å². The molecular weight excluding hydrogens is 248 g/mol. The van der Waals surface area contributed by atoms with Crippen molar-refractivity contribution in [2.24, 2.45) is 0 Å². The van der Waals surface area contributed by atoms with Gasteiger partial charge >= 0.3 is 0 Å². The molecule has 1 atom stereocenters. The number of benzene rings is 1. The molecule has 1 amide bonds. The summed E-state index contributed by atoms with van der Waals surface area (Å²) in [6.45, 7) is 0. The van der Waals surface area contributed by atoms with Gasteiger partial charge in [0.1, 0.15) is 6.17 Å². The fourth-order valence-corrected chi connectivity index (χ4v) is 4.01. The molecule has 3 nitrogen and oxygen atoms in total. The van der Waals surface area contributed by atoms with E-state index in [1.807, 2.05) is 6.07 Å². The maximum atomic E-state index is 13.0. The van der Waals surface area contributed by atoms with Gasteiger partial charge in [0, 0.05) is 6.04 Å². The Morgan fingerprint density at radius 3 is 2.35 bits per heavy atom. The third-order valence-corrected chi connectivity index (χ3v) is 5.38. The van der Waals surface area contributed by atoms with Gasteiger partial charge in [-0.05, 0) is 37.7 Å². The first-order valence-corrected chi connectivity index (χ1v) is 7.96. The minimum absolute atomic E-state index is 0.0899. The molecule has 4 rings (SSSR count). The van der Waals surface area contributed by atoms with Gasteiger partial charge < -0.3 is 4.90 Å². The zero-order chi connectivity index (χ0) is 13.6. The second kappa shape index (κ2) is 4.59. The molecule has 3 fully saturated rings. The number of amides is 1. The lowest BCUT2D eigenvalue weighted by Gasteiger charge is -2.38. The smallest absolute Gasteiger partial charge is 0.244 e. The molecule has 20 heavy (non-hydrogen) atoms. The Kier molecular flexibility index (Phi) is 2.84. The van der Waals surface area contributed by atoms with E-state index in [1.165, 1.54) is 37.7 Å². The van der Waals surface area contributed by atoms with Crippen LogP contribution in [0.2, 0.25) is 0 Å². The molecule has 106 valence electrons. The molecule has 1 aromatic rings. The summed E-state index contributed by atoms with van der Waals surface area (Å²) in [5.41, 5.74) is 0.979. The maximum Gasteiger partial charge on any atom is 0.244 e. The summed E-state index contributed by atoms with van der Waals surface area (Å²) in [6, 6.07) is 10.9. The van der Waals surface area contributed by atoms with Crippen molar-refractivity contribution < 1.29 is 4.79 Å². The van der Waals surface area contributed by atoms with Gasteiger partial charge in [-0.2, -0.15) is 0 Å². The molecule has 0 bridgehead atoms. The van der Waals surface area contributed by atoms with E-state index in [1.54, 1.807) is 0 Å². The van der Waals surface area contributed by atoms with E-state index in [9.17, 15) is 4.79 Å². The van der Waals surface area contributed by atoms with Crippen LogP contribution in [-0.4, -0.2) is 22.4 Å². The average Bonchev–Trinajstić information content (AvgIpc) is 3.00. The monoisotopic (exact) mass is 270 g/mol. The van der Waals surface area contributed by atoms with Crippen LogP contribution in [0, 0.1) is 0 Å². The largest absolute Gasteiger partial charge is 0.318 e. The van der Waals surface area contributed by atoms with Gasteiger partial charge in [0.25, 0.3) is 0 Å². The Labute approximate surface area is 120 Å². The molecule has 0 radical (unpaired) electrons. The van der Waals surface area contributed by atoms with Crippen molar-refractivity contribution in [3.05, 3.63) is 35.9 Å². The Morgan fingerprint density at radius 2 is 1.75 bits per heavy atom. The van der Waals surface area contributed by atoms with Crippen LogP contribution in [0.3, 0.4) is 0 Å². The number of nitrogens with zero attached hydrogens (tertiary/aromatic N) is 1. The van der Waals surface area contributed by atoms with Crippen molar-refractivity contribution in [2.75, 3.05) is 0 Å². The Morgan fingerprint density at radius 1 is 1.05 bits per heavy atom. The molecule has 1 aromatic carbocycles. The predicted molar refractivity (Wildman–Crippen MR) is 78.0 cm³/mol. The van der Waals surface area contributed by atoms with Gasteiger partial charge in [-0.3, -0.25) is 10.1 Å². The van der Waals surface area contributed by atoms with Crippen molar-refractivity contribution in [1.29, 1.82) is 0 Å². The highest BCUT2D eigenvalue weighted by molar-refractivity contribution is 5.89. The van der Waals surface area contributed by atoms with Gasteiger partial charge in [-0.1, -0.05) is 43.2 Å². The molecule has 1 spiro atoms. The number of hydrogen-bond acceptors (Lipinski definition) is 2. The van der Waals surface area contributed by atoms with E-state index in [-0.39, 0.29) is 11.7 Å². The number of carbonyl (C=O) groups excluding carboxylic acids is 1. The van der Waals surface area contributed by atoms with Crippen molar-refractivity contribution in [1.82, 2.24) is 10.2 Å². The zero-order valence-electron chi connectivity index (χ0n) is 11.8. The van der Waals surface area contributed by atoms with Crippen molar-refractivity contribution in [3.8, 4) is 0 Å². The highest BCUT2D eigenvalue weighted by Gasteiger charge is 2.54. The molecule has 1 N–H and O–H groups in total. The van der Waals surface area contributed by atoms with Gasteiger partial charge in [-0.25, -0.2) is 0 Å². The van der Waals surface area contributed by atoms with E-state index in [4.69, 9.17) is 0 Å². The van der Waals surface area contributed by atoms with Crippen molar-refractivity contribution in [3.63, 3.8) is 0 Å². The van der Waals surface area contributed by atoms with Crippen LogP contribution in [-0.2, 0) is 4.79 Å².